The van der Waals surface area contributed by atoms with Crippen LogP contribution >= 0.6 is 0 Å². The standard InChI is InChI=1S/C9H8N4O2/c1-15-9(14)8(12-13-10)6-7-4-2-3-5-11-7/h2-6H,1H3. The summed E-state index contributed by atoms with van der Waals surface area (Å²) in [5.74, 6) is -0.696. The van der Waals surface area contributed by atoms with Crippen molar-refractivity contribution in [3.8, 4) is 0 Å². The summed E-state index contributed by atoms with van der Waals surface area (Å²) in [5.41, 5.74) is 8.64. The molecule has 0 saturated carbocycles. The predicted molar refractivity (Wildman–Crippen MR) is 53.4 cm³/mol. The van der Waals surface area contributed by atoms with Gasteiger partial charge in [-0.25, -0.2) is 4.79 Å². The average molecular weight is 204 g/mol. The van der Waals surface area contributed by atoms with E-state index in [1.165, 1.54) is 13.2 Å². The summed E-state index contributed by atoms with van der Waals surface area (Å²) in [5, 5.41) is 3.22. The van der Waals surface area contributed by atoms with Gasteiger partial charge in [-0.2, -0.15) is 0 Å². The van der Waals surface area contributed by atoms with Gasteiger partial charge in [-0.3, -0.25) is 4.98 Å². The van der Waals surface area contributed by atoms with Gasteiger partial charge in [0, 0.05) is 11.1 Å². The number of esters is 1. The minimum absolute atomic E-state index is 0.126. The molecule has 0 spiro atoms. The van der Waals surface area contributed by atoms with Crippen molar-refractivity contribution >= 4 is 12.0 Å². The third-order valence-corrected chi connectivity index (χ3v) is 1.52. The number of pyridine rings is 1. The van der Waals surface area contributed by atoms with Gasteiger partial charge in [0.2, 0.25) is 0 Å². The molecule has 6 nitrogen and oxygen atoms in total. The molecule has 0 aliphatic heterocycles. The van der Waals surface area contributed by atoms with Gasteiger partial charge in [-0.1, -0.05) is 11.2 Å². The summed E-state index contributed by atoms with van der Waals surface area (Å²) < 4.78 is 4.44. The van der Waals surface area contributed by atoms with Crippen LogP contribution in [-0.2, 0) is 9.53 Å². The fourth-order valence-electron chi connectivity index (χ4n) is 0.883. The first kappa shape index (κ1) is 10.7. The number of methoxy groups -OCH3 is 1. The second-order valence-electron chi connectivity index (χ2n) is 2.47. The second-order valence-corrected chi connectivity index (χ2v) is 2.47. The number of nitrogens with zero attached hydrogens (tertiary/aromatic N) is 4. The maximum absolute atomic E-state index is 11.1. The second kappa shape index (κ2) is 5.41. The van der Waals surface area contributed by atoms with Crippen LogP contribution in [0.2, 0.25) is 0 Å². The van der Waals surface area contributed by atoms with E-state index in [4.69, 9.17) is 5.53 Å². The molecular weight excluding hydrogens is 196 g/mol. The summed E-state index contributed by atoms with van der Waals surface area (Å²) in [4.78, 5) is 17.6. The van der Waals surface area contributed by atoms with E-state index in [0.29, 0.717) is 5.69 Å². The molecule has 76 valence electrons. The summed E-state index contributed by atoms with van der Waals surface area (Å²) >= 11 is 0. The molecule has 1 aromatic rings. The van der Waals surface area contributed by atoms with Crippen LogP contribution in [0, 0.1) is 0 Å². The molecule has 0 N–H and O–H groups in total. The van der Waals surface area contributed by atoms with Crippen molar-refractivity contribution in [2.24, 2.45) is 5.11 Å². The molecule has 0 aliphatic carbocycles. The van der Waals surface area contributed by atoms with E-state index in [-0.39, 0.29) is 5.70 Å². The molecule has 0 saturated heterocycles. The Morgan fingerprint density at radius 1 is 1.67 bits per heavy atom. The fraction of sp³-hybridized carbons (Fsp3) is 0.111. The smallest absolute Gasteiger partial charge is 0.340 e. The lowest BCUT2D eigenvalue weighted by Gasteiger charge is -1.97. The van der Waals surface area contributed by atoms with Crippen molar-refractivity contribution in [1.29, 1.82) is 0 Å². The maximum Gasteiger partial charge on any atom is 0.340 e. The van der Waals surface area contributed by atoms with Gasteiger partial charge >= 0.3 is 5.97 Å². The van der Waals surface area contributed by atoms with Crippen molar-refractivity contribution in [1.82, 2.24) is 4.98 Å². The van der Waals surface area contributed by atoms with Gasteiger partial charge in [0.05, 0.1) is 12.8 Å². The van der Waals surface area contributed by atoms with E-state index in [9.17, 15) is 4.79 Å². The Balaban J connectivity index is 3.04. The van der Waals surface area contributed by atoms with Gasteiger partial charge in [-0.05, 0) is 23.7 Å². The van der Waals surface area contributed by atoms with E-state index in [2.05, 4.69) is 19.7 Å². The molecule has 0 fully saturated rings. The minimum Gasteiger partial charge on any atom is -0.466 e. The Morgan fingerprint density at radius 3 is 3.00 bits per heavy atom. The molecule has 1 rings (SSSR count). The number of carbonyl (C=O) groups is 1. The quantitative estimate of drug-likeness (QED) is 0.247. The molecule has 0 amide bonds. The van der Waals surface area contributed by atoms with Crippen molar-refractivity contribution in [3.05, 3.63) is 46.2 Å². The van der Waals surface area contributed by atoms with Gasteiger partial charge in [0.15, 0.2) is 0 Å². The van der Waals surface area contributed by atoms with E-state index in [1.54, 1.807) is 24.4 Å². The average Bonchev–Trinajstić information content (AvgIpc) is 2.29. The molecule has 1 heterocycles. The van der Waals surface area contributed by atoms with Crippen LogP contribution in [0.5, 0.6) is 0 Å². The zero-order valence-corrected chi connectivity index (χ0v) is 7.99. The Kier molecular flexibility index (Phi) is 3.88. The molecule has 15 heavy (non-hydrogen) atoms. The molecule has 1 aromatic heterocycles. The van der Waals surface area contributed by atoms with E-state index in [1.807, 2.05) is 0 Å². The van der Waals surface area contributed by atoms with Gasteiger partial charge in [0.1, 0.15) is 5.70 Å². The van der Waals surface area contributed by atoms with Crippen LogP contribution in [0.1, 0.15) is 5.69 Å². The molecule has 0 radical (unpaired) electrons. The number of hydrogen-bond donors (Lipinski definition) is 0. The summed E-state index contributed by atoms with van der Waals surface area (Å²) in [7, 11) is 1.21. The maximum atomic E-state index is 11.1. The first-order chi connectivity index (χ1) is 7.27. The summed E-state index contributed by atoms with van der Waals surface area (Å²) in [6, 6.07) is 5.17. The minimum atomic E-state index is -0.696. The predicted octanol–water partition coefficient (Wildman–Crippen LogP) is 1.91. The number of hydrogen-bond acceptors (Lipinski definition) is 4. The van der Waals surface area contributed by atoms with Gasteiger partial charge in [0.25, 0.3) is 0 Å². The van der Waals surface area contributed by atoms with Crippen molar-refractivity contribution in [2.75, 3.05) is 7.11 Å². The zero-order valence-electron chi connectivity index (χ0n) is 7.99. The van der Waals surface area contributed by atoms with E-state index >= 15 is 0 Å². The summed E-state index contributed by atoms with van der Waals surface area (Å²) in [6.07, 6.45) is 2.92. The highest BCUT2D eigenvalue weighted by molar-refractivity contribution is 5.92. The number of carbonyl (C=O) groups excluding carboxylic acids is 1. The Bertz CT molecular complexity index is 421. The van der Waals surface area contributed by atoms with Crippen LogP contribution in [0.15, 0.2) is 35.2 Å². The van der Waals surface area contributed by atoms with E-state index in [0.717, 1.165) is 0 Å². The number of azide groups is 1. The molecule has 0 atom stereocenters. The highest BCUT2D eigenvalue weighted by Gasteiger charge is 2.07. The number of rotatable bonds is 3. The highest BCUT2D eigenvalue weighted by atomic mass is 16.5. The SMILES string of the molecule is COC(=O)C(=Cc1ccccn1)N=[N+]=[N-]. The van der Waals surface area contributed by atoms with Crippen LogP contribution in [0.25, 0.3) is 16.5 Å². The molecule has 0 bridgehead atoms. The van der Waals surface area contributed by atoms with Crippen LogP contribution < -0.4 is 0 Å². The third kappa shape index (κ3) is 3.13. The Hall–Kier alpha value is -2.33. The Labute approximate surface area is 85.8 Å². The Morgan fingerprint density at radius 2 is 2.47 bits per heavy atom. The highest BCUT2D eigenvalue weighted by Crippen LogP contribution is 2.06. The molecule has 6 heteroatoms. The number of aromatic nitrogens is 1. The molecular formula is C9H8N4O2. The largest absolute Gasteiger partial charge is 0.466 e. The zero-order chi connectivity index (χ0) is 11.1. The van der Waals surface area contributed by atoms with Crippen molar-refractivity contribution in [2.45, 2.75) is 0 Å². The summed E-state index contributed by atoms with van der Waals surface area (Å²) in [6.45, 7) is 0. The van der Waals surface area contributed by atoms with Crippen molar-refractivity contribution in [3.63, 3.8) is 0 Å². The lowest BCUT2D eigenvalue weighted by molar-refractivity contribution is -0.136. The van der Waals surface area contributed by atoms with Gasteiger partial charge in [-0.15, -0.1) is 0 Å². The number of ether oxygens (including phenoxy) is 1. The van der Waals surface area contributed by atoms with Crippen LogP contribution in [0.4, 0.5) is 0 Å². The van der Waals surface area contributed by atoms with Crippen molar-refractivity contribution < 1.29 is 9.53 Å². The molecule has 0 aromatic carbocycles. The third-order valence-electron chi connectivity index (χ3n) is 1.52. The first-order valence-corrected chi connectivity index (χ1v) is 4.04. The van der Waals surface area contributed by atoms with Crippen LogP contribution in [0.3, 0.4) is 0 Å². The lowest BCUT2D eigenvalue weighted by Crippen LogP contribution is -2.02. The topological polar surface area (TPSA) is 88.0 Å². The first-order valence-electron chi connectivity index (χ1n) is 4.04. The normalized spacial score (nSPS) is 10.3. The molecule has 0 aliphatic rings. The van der Waals surface area contributed by atoms with Crippen LogP contribution in [-0.4, -0.2) is 18.1 Å². The monoisotopic (exact) mass is 204 g/mol. The van der Waals surface area contributed by atoms with Gasteiger partial charge < -0.3 is 4.74 Å². The molecule has 0 unspecified atom stereocenters. The fourth-order valence-corrected chi connectivity index (χ4v) is 0.883. The van der Waals surface area contributed by atoms with E-state index < -0.39 is 5.97 Å². The lowest BCUT2D eigenvalue weighted by atomic mass is 10.3.